The molecule has 0 aliphatic carbocycles. The Kier molecular flexibility index (Phi) is 7.81. The summed E-state index contributed by atoms with van der Waals surface area (Å²) in [5.41, 5.74) is 10.8. The van der Waals surface area contributed by atoms with Gasteiger partial charge in [-0.3, -0.25) is 9.80 Å². The van der Waals surface area contributed by atoms with Crippen LogP contribution in [0, 0.1) is 6.92 Å². The van der Waals surface area contributed by atoms with Crippen molar-refractivity contribution in [1.29, 1.82) is 0 Å². The molecule has 4 rings (SSSR count). The second kappa shape index (κ2) is 11.0. The van der Waals surface area contributed by atoms with Gasteiger partial charge in [0.1, 0.15) is 0 Å². The normalized spacial score (nSPS) is 14.4. The molecule has 1 aliphatic heterocycles. The maximum absolute atomic E-state index is 13.9. The van der Waals surface area contributed by atoms with E-state index in [2.05, 4.69) is 36.1 Å². The number of nitrogens with zero attached hydrogens (tertiary/aromatic N) is 3. The SMILES string of the molecule is Cc1ccc(CN(CCCN2CCOCC2)C(=O)N(c2ccsc2)c2cscc2N)cc1. The number of morpholine rings is 1. The number of hydrogen-bond acceptors (Lipinski definition) is 6. The number of rotatable bonds is 8. The molecular formula is C24H30N4O2S2. The third-order valence-corrected chi connectivity index (χ3v) is 7.06. The number of aryl methyl sites for hydroxylation is 1. The number of nitrogen functional groups attached to an aromatic ring is 1. The Morgan fingerprint density at radius 3 is 2.53 bits per heavy atom. The molecule has 0 saturated carbocycles. The van der Waals surface area contributed by atoms with E-state index in [0.29, 0.717) is 18.8 Å². The Labute approximate surface area is 197 Å². The molecular weight excluding hydrogens is 440 g/mol. The lowest BCUT2D eigenvalue weighted by Crippen LogP contribution is -2.43. The van der Waals surface area contributed by atoms with Crippen LogP contribution in [0.5, 0.6) is 0 Å². The second-order valence-corrected chi connectivity index (χ2v) is 9.55. The van der Waals surface area contributed by atoms with E-state index in [1.54, 1.807) is 16.2 Å². The summed E-state index contributed by atoms with van der Waals surface area (Å²) >= 11 is 3.08. The molecule has 6 nitrogen and oxygen atoms in total. The molecule has 32 heavy (non-hydrogen) atoms. The highest BCUT2D eigenvalue weighted by Gasteiger charge is 2.26. The minimum atomic E-state index is -0.0453. The first-order valence-corrected chi connectivity index (χ1v) is 12.8. The number of nitrogens with two attached hydrogens (primary N) is 1. The number of hydrogen-bond donors (Lipinski definition) is 1. The Bertz CT molecular complexity index is 982. The summed E-state index contributed by atoms with van der Waals surface area (Å²) in [6.07, 6.45) is 0.911. The molecule has 2 N–H and O–H groups in total. The quantitative estimate of drug-likeness (QED) is 0.493. The highest BCUT2D eigenvalue weighted by Crippen LogP contribution is 2.35. The summed E-state index contributed by atoms with van der Waals surface area (Å²) in [4.78, 5) is 20.0. The Morgan fingerprint density at radius 1 is 1.09 bits per heavy atom. The summed E-state index contributed by atoms with van der Waals surface area (Å²) < 4.78 is 5.46. The number of anilines is 3. The Morgan fingerprint density at radius 2 is 1.88 bits per heavy atom. The monoisotopic (exact) mass is 470 g/mol. The van der Waals surface area contributed by atoms with E-state index in [4.69, 9.17) is 10.5 Å². The minimum absolute atomic E-state index is 0.0453. The maximum Gasteiger partial charge on any atom is 0.329 e. The molecule has 0 spiro atoms. The van der Waals surface area contributed by atoms with Crippen LogP contribution >= 0.6 is 22.7 Å². The highest BCUT2D eigenvalue weighted by molar-refractivity contribution is 7.09. The van der Waals surface area contributed by atoms with Gasteiger partial charge < -0.3 is 15.4 Å². The van der Waals surface area contributed by atoms with Gasteiger partial charge in [0, 0.05) is 48.9 Å². The fourth-order valence-electron chi connectivity index (χ4n) is 3.83. The average Bonchev–Trinajstić information content (AvgIpc) is 3.48. The van der Waals surface area contributed by atoms with E-state index in [0.717, 1.165) is 56.2 Å². The average molecular weight is 471 g/mol. The molecule has 3 heterocycles. The molecule has 1 aliphatic rings. The molecule has 3 aromatic rings. The van der Waals surface area contributed by atoms with Crippen molar-refractivity contribution in [2.75, 3.05) is 50.0 Å². The van der Waals surface area contributed by atoms with E-state index < -0.39 is 0 Å². The van der Waals surface area contributed by atoms with Crippen LogP contribution in [0.25, 0.3) is 0 Å². The van der Waals surface area contributed by atoms with Crippen LogP contribution in [0.15, 0.2) is 51.9 Å². The predicted molar refractivity (Wildman–Crippen MR) is 134 cm³/mol. The maximum atomic E-state index is 13.9. The number of carbonyl (C=O) groups excluding carboxylic acids is 1. The van der Waals surface area contributed by atoms with Gasteiger partial charge in [0.25, 0.3) is 0 Å². The van der Waals surface area contributed by atoms with Gasteiger partial charge in [0.15, 0.2) is 0 Å². The summed E-state index contributed by atoms with van der Waals surface area (Å²) in [6.45, 7) is 7.76. The van der Waals surface area contributed by atoms with Gasteiger partial charge in [-0.15, -0.1) is 11.3 Å². The fourth-order valence-corrected chi connectivity index (χ4v) is 5.15. The molecule has 2 amide bonds. The third-order valence-electron chi connectivity index (χ3n) is 5.64. The van der Waals surface area contributed by atoms with Gasteiger partial charge in [0.2, 0.25) is 0 Å². The van der Waals surface area contributed by atoms with Crippen molar-refractivity contribution in [3.05, 3.63) is 63.0 Å². The lowest BCUT2D eigenvalue weighted by Gasteiger charge is -2.32. The van der Waals surface area contributed by atoms with Crippen LogP contribution in [-0.4, -0.2) is 55.2 Å². The van der Waals surface area contributed by atoms with Gasteiger partial charge in [-0.05, 0) is 30.4 Å². The minimum Gasteiger partial charge on any atom is -0.396 e. The first-order chi connectivity index (χ1) is 15.6. The summed E-state index contributed by atoms with van der Waals surface area (Å²) in [5, 5.41) is 7.81. The summed E-state index contributed by atoms with van der Waals surface area (Å²) in [5.74, 6) is 0. The van der Waals surface area contributed by atoms with Crippen molar-refractivity contribution >= 4 is 45.8 Å². The first-order valence-electron chi connectivity index (χ1n) is 10.9. The van der Waals surface area contributed by atoms with Crippen molar-refractivity contribution < 1.29 is 9.53 Å². The van der Waals surface area contributed by atoms with Crippen LogP contribution in [0.2, 0.25) is 0 Å². The lowest BCUT2D eigenvalue weighted by atomic mass is 10.1. The predicted octanol–water partition coefficient (Wildman–Crippen LogP) is 5.18. The van der Waals surface area contributed by atoms with E-state index >= 15 is 0 Å². The number of thiophene rings is 2. The van der Waals surface area contributed by atoms with E-state index in [1.807, 2.05) is 32.5 Å². The second-order valence-electron chi connectivity index (χ2n) is 8.03. The van der Waals surface area contributed by atoms with Crippen molar-refractivity contribution in [1.82, 2.24) is 9.80 Å². The van der Waals surface area contributed by atoms with Crippen molar-refractivity contribution in [3.63, 3.8) is 0 Å². The van der Waals surface area contributed by atoms with Crippen LogP contribution in [-0.2, 0) is 11.3 Å². The molecule has 1 fully saturated rings. The van der Waals surface area contributed by atoms with Crippen LogP contribution < -0.4 is 10.6 Å². The van der Waals surface area contributed by atoms with Crippen molar-refractivity contribution in [3.8, 4) is 0 Å². The molecule has 0 atom stereocenters. The number of urea groups is 1. The molecule has 1 aromatic carbocycles. The number of amides is 2. The lowest BCUT2D eigenvalue weighted by molar-refractivity contribution is 0.0365. The number of ether oxygens (including phenoxy) is 1. The molecule has 8 heteroatoms. The molecule has 1 saturated heterocycles. The molecule has 170 valence electrons. The Hall–Kier alpha value is -2.39. The van der Waals surface area contributed by atoms with Gasteiger partial charge in [-0.1, -0.05) is 29.8 Å². The molecule has 0 unspecified atom stereocenters. The van der Waals surface area contributed by atoms with Gasteiger partial charge >= 0.3 is 6.03 Å². The van der Waals surface area contributed by atoms with Crippen molar-refractivity contribution in [2.45, 2.75) is 19.9 Å². The molecule has 0 radical (unpaired) electrons. The van der Waals surface area contributed by atoms with Crippen LogP contribution in [0.1, 0.15) is 17.5 Å². The van der Waals surface area contributed by atoms with E-state index in [-0.39, 0.29) is 6.03 Å². The number of carbonyl (C=O) groups is 1. The smallest absolute Gasteiger partial charge is 0.329 e. The highest BCUT2D eigenvalue weighted by atomic mass is 32.1. The van der Waals surface area contributed by atoms with Crippen LogP contribution in [0.3, 0.4) is 0 Å². The van der Waals surface area contributed by atoms with Gasteiger partial charge in [-0.2, -0.15) is 11.3 Å². The van der Waals surface area contributed by atoms with E-state index in [9.17, 15) is 4.79 Å². The molecule has 2 aromatic heterocycles. The van der Waals surface area contributed by atoms with E-state index in [1.165, 1.54) is 16.9 Å². The third kappa shape index (κ3) is 5.69. The van der Waals surface area contributed by atoms with Gasteiger partial charge in [-0.25, -0.2) is 4.79 Å². The van der Waals surface area contributed by atoms with Crippen molar-refractivity contribution in [2.24, 2.45) is 0 Å². The fraction of sp³-hybridized carbons (Fsp3) is 0.375. The summed E-state index contributed by atoms with van der Waals surface area (Å²) in [7, 11) is 0. The van der Waals surface area contributed by atoms with Gasteiger partial charge in [0.05, 0.1) is 30.3 Å². The van der Waals surface area contributed by atoms with Crippen LogP contribution in [0.4, 0.5) is 21.9 Å². The summed E-state index contributed by atoms with van der Waals surface area (Å²) in [6, 6.07) is 10.3. The first kappa shape index (κ1) is 22.8. The Balaban J connectivity index is 1.55. The zero-order chi connectivity index (χ0) is 22.3. The standard InChI is InChI=1S/C24H30N4O2S2/c1-19-3-5-20(6-4-19)15-27(9-2-8-26-10-12-30-13-11-26)24(29)28(21-7-14-31-16-21)23-18-32-17-22(23)25/h3-7,14,16-18H,2,8-13,15,25H2,1H3. The zero-order valence-electron chi connectivity index (χ0n) is 18.4. The zero-order valence-corrected chi connectivity index (χ0v) is 20.0. The largest absolute Gasteiger partial charge is 0.396 e. The topological polar surface area (TPSA) is 62.0 Å². The molecule has 0 bridgehead atoms. The number of benzene rings is 1.